The molecular weight excluding hydrogens is 338 g/mol. The second-order valence-corrected chi connectivity index (χ2v) is 7.01. The topological polar surface area (TPSA) is 65.0 Å². The summed E-state index contributed by atoms with van der Waals surface area (Å²) in [5.41, 5.74) is 2.63. The van der Waals surface area contributed by atoms with E-state index in [4.69, 9.17) is 11.6 Å². The van der Waals surface area contributed by atoms with E-state index in [2.05, 4.69) is 55.8 Å². The maximum atomic E-state index is 6.18. The average molecular weight is 360 g/mol. The van der Waals surface area contributed by atoms with Crippen molar-refractivity contribution in [3.63, 3.8) is 0 Å². The Morgan fingerprint density at radius 3 is 2.52 bits per heavy atom. The summed E-state index contributed by atoms with van der Waals surface area (Å²) in [4.78, 5) is 4.82. The van der Waals surface area contributed by atoms with Gasteiger partial charge < -0.3 is 10.2 Å². The van der Waals surface area contributed by atoms with Gasteiger partial charge in [0, 0.05) is 62.3 Å². The van der Waals surface area contributed by atoms with Gasteiger partial charge in [0.25, 0.3) is 0 Å². The number of hydrogen-bond acceptors (Lipinski definition) is 5. The number of likely N-dealkylation sites (N-methyl/N-ethyl adjacent to an activating group) is 1. The van der Waals surface area contributed by atoms with Gasteiger partial charge in [-0.25, -0.2) is 0 Å². The highest BCUT2D eigenvalue weighted by Gasteiger charge is 2.39. The van der Waals surface area contributed by atoms with Crippen molar-refractivity contribution >= 4 is 17.2 Å². The molecule has 0 aliphatic carbocycles. The van der Waals surface area contributed by atoms with Crippen molar-refractivity contribution in [3.8, 4) is 0 Å². The van der Waals surface area contributed by atoms with Crippen LogP contribution in [0.15, 0.2) is 36.9 Å². The van der Waals surface area contributed by atoms with Crippen LogP contribution in [0.4, 0.5) is 0 Å². The molecule has 2 aliphatic rings. The Morgan fingerprint density at radius 2 is 1.96 bits per heavy atom. The second-order valence-electron chi connectivity index (χ2n) is 6.63. The van der Waals surface area contributed by atoms with E-state index in [1.54, 1.807) is 6.20 Å². The van der Waals surface area contributed by atoms with Crippen LogP contribution in [0.2, 0.25) is 5.15 Å². The predicted molar refractivity (Wildman–Crippen MR) is 97.8 cm³/mol. The first-order valence-electron chi connectivity index (χ1n) is 8.37. The van der Waals surface area contributed by atoms with Crippen molar-refractivity contribution in [2.75, 3.05) is 33.2 Å². The van der Waals surface area contributed by atoms with Gasteiger partial charge in [-0.2, -0.15) is 10.2 Å². The van der Waals surface area contributed by atoms with Gasteiger partial charge in [0.1, 0.15) is 10.8 Å². The summed E-state index contributed by atoms with van der Waals surface area (Å²) in [5, 5.41) is 15.3. The predicted octanol–water partition coefficient (Wildman–Crippen LogP) is 1.40. The third-order valence-electron chi connectivity index (χ3n) is 5.00. The molecule has 7 nitrogen and oxygen atoms in total. The van der Waals surface area contributed by atoms with Crippen molar-refractivity contribution in [1.29, 1.82) is 0 Å². The molecule has 1 unspecified atom stereocenters. The van der Waals surface area contributed by atoms with Crippen LogP contribution in [-0.2, 0) is 12.7 Å². The minimum atomic E-state index is -0.394. The smallest absolute Gasteiger partial charge is 0.140 e. The maximum absolute atomic E-state index is 6.18. The lowest BCUT2D eigenvalue weighted by atomic mass is 9.94. The summed E-state index contributed by atoms with van der Waals surface area (Å²) in [6.45, 7) is 4.06. The van der Waals surface area contributed by atoms with Crippen LogP contribution in [0.3, 0.4) is 0 Å². The molecule has 0 bridgehead atoms. The highest BCUT2D eigenvalue weighted by atomic mass is 35.5. The normalized spacial score (nSPS) is 25.0. The summed E-state index contributed by atoms with van der Waals surface area (Å²) in [5.74, 6) is 0. The standard InChI is InChI=1S/C17H22ClN7/c1-23-5-7-25(8-6-23)17(14-10-21-24(2)12-14)4-3-13(9-19-17)15-11-20-22-16(15)18/h3-4,9-12,19H,5-8H2,1-2H3,(H,20,22). The zero-order valence-corrected chi connectivity index (χ0v) is 15.2. The molecule has 2 aliphatic heterocycles. The number of piperazine rings is 1. The molecule has 0 aromatic carbocycles. The number of aromatic nitrogens is 4. The zero-order valence-electron chi connectivity index (χ0n) is 14.4. The Bertz CT molecular complexity index is 813. The Balaban J connectivity index is 1.68. The lowest BCUT2D eigenvalue weighted by Crippen LogP contribution is -2.59. The number of aromatic amines is 1. The number of allylic oxidation sites excluding steroid dienone is 2. The van der Waals surface area contributed by atoms with Crippen LogP contribution in [0, 0.1) is 0 Å². The number of nitrogens with zero attached hydrogens (tertiary/aromatic N) is 5. The van der Waals surface area contributed by atoms with Gasteiger partial charge in [-0.15, -0.1) is 0 Å². The molecule has 8 heteroatoms. The minimum Gasteiger partial charge on any atom is -0.365 e. The second kappa shape index (κ2) is 6.33. The molecule has 4 heterocycles. The molecule has 0 radical (unpaired) electrons. The number of hydrogen-bond donors (Lipinski definition) is 2. The molecule has 1 atom stereocenters. The van der Waals surface area contributed by atoms with E-state index < -0.39 is 5.66 Å². The first-order valence-corrected chi connectivity index (χ1v) is 8.75. The van der Waals surface area contributed by atoms with Gasteiger partial charge in [-0.1, -0.05) is 17.7 Å². The first-order chi connectivity index (χ1) is 12.1. The van der Waals surface area contributed by atoms with Gasteiger partial charge in [0.15, 0.2) is 0 Å². The highest BCUT2D eigenvalue weighted by molar-refractivity contribution is 6.31. The Labute approximate surface area is 151 Å². The monoisotopic (exact) mass is 359 g/mol. The Kier molecular flexibility index (Phi) is 4.15. The van der Waals surface area contributed by atoms with Crippen LogP contribution < -0.4 is 5.32 Å². The number of H-pyrrole nitrogens is 1. The van der Waals surface area contributed by atoms with Gasteiger partial charge >= 0.3 is 0 Å². The SMILES string of the molecule is CN1CCN(C2(c3cnn(C)c3)C=CC(c3cn[nH]c3Cl)=CN2)CC1. The Morgan fingerprint density at radius 1 is 1.16 bits per heavy atom. The van der Waals surface area contributed by atoms with E-state index in [0.717, 1.165) is 42.9 Å². The van der Waals surface area contributed by atoms with Gasteiger partial charge in [0.05, 0.1) is 12.4 Å². The van der Waals surface area contributed by atoms with Crippen molar-refractivity contribution in [1.82, 2.24) is 35.1 Å². The van der Waals surface area contributed by atoms with Crippen LogP contribution in [-0.4, -0.2) is 63.0 Å². The fourth-order valence-corrected chi connectivity index (χ4v) is 3.68. The molecule has 1 saturated heterocycles. The van der Waals surface area contributed by atoms with Gasteiger partial charge in [-0.3, -0.25) is 14.7 Å². The van der Waals surface area contributed by atoms with Gasteiger partial charge in [-0.05, 0) is 13.1 Å². The van der Waals surface area contributed by atoms with E-state index in [1.807, 2.05) is 24.1 Å². The minimum absolute atomic E-state index is 0.394. The van der Waals surface area contributed by atoms with Crippen LogP contribution in [0.25, 0.3) is 5.57 Å². The molecular formula is C17H22ClN7. The summed E-state index contributed by atoms with van der Waals surface area (Å²) >= 11 is 6.18. The molecule has 0 saturated carbocycles. The molecule has 2 aromatic heterocycles. The summed E-state index contributed by atoms with van der Waals surface area (Å²) in [6.07, 6.45) is 12.1. The molecule has 4 rings (SSSR count). The van der Waals surface area contributed by atoms with Crippen molar-refractivity contribution in [2.45, 2.75) is 5.66 Å². The van der Waals surface area contributed by atoms with Crippen LogP contribution in [0.5, 0.6) is 0 Å². The lowest BCUT2D eigenvalue weighted by molar-refractivity contribution is 0.0534. The van der Waals surface area contributed by atoms with E-state index >= 15 is 0 Å². The zero-order chi connectivity index (χ0) is 17.4. The van der Waals surface area contributed by atoms with E-state index in [-0.39, 0.29) is 0 Å². The summed E-state index contributed by atoms with van der Waals surface area (Å²) in [7, 11) is 4.11. The number of halogens is 1. The number of nitrogens with one attached hydrogen (secondary N) is 2. The molecule has 2 aromatic rings. The fourth-order valence-electron chi connectivity index (χ4n) is 3.47. The Hall–Kier alpha value is -2.09. The van der Waals surface area contributed by atoms with Crippen molar-refractivity contribution in [2.24, 2.45) is 7.05 Å². The largest absolute Gasteiger partial charge is 0.365 e. The third kappa shape index (κ3) is 2.88. The quantitative estimate of drug-likeness (QED) is 0.867. The third-order valence-corrected chi connectivity index (χ3v) is 5.29. The highest BCUT2D eigenvalue weighted by Crippen LogP contribution is 2.34. The van der Waals surface area contributed by atoms with E-state index in [1.165, 1.54) is 0 Å². The fraction of sp³-hybridized carbons (Fsp3) is 0.412. The number of aryl methyl sites for hydroxylation is 1. The van der Waals surface area contributed by atoms with Crippen LogP contribution >= 0.6 is 11.6 Å². The molecule has 1 fully saturated rings. The van der Waals surface area contributed by atoms with Crippen molar-refractivity contribution < 1.29 is 0 Å². The molecule has 2 N–H and O–H groups in total. The maximum Gasteiger partial charge on any atom is 0.140 e. The molecule has 132 valence electrons. The molecule has 25 heavy (non-hydrogen) atoms. The molecule has 0 amide bonds. The van der Waals surface area contributed by atoms with E-state index in [0.29, 0.717) is 5.15 Å². The summed E-state index contributed by atoms with van der Waals surface area (Å²) in [6, 6.07) is 0. The number of dihydropyridines is 1. The van der Waals surface area contributed by atoms with Gasteiger partial charge in [0.2, 0.25) is 0 Å². The average Bonchev–Trinajstić information content (AvgIpc) is 3.24. The number of rotatable bonds is 3. The first kappa shape index (κ1) is 16.4. The van der Waals surface area contributed by atoms with Crippen molar-refractivity contribution in [3.05, 3.63) is 53.2 Å². The van der Waals surface area contributed by atoms with Crippen LogP contribution in [0.1, 0.15) is 11.1 Å². The summed E-state index contributed by atoms with van der Waals surface area (Å²) < 4.78 is 1.84. The lowest BCUT2D eigenvalue weighted by Gasteiger charge is -2.46. The van der Waals surface area contributed by atoms with E-state index in [9.17, 15) is 0 Å². The molecule has 0 spiro atoms.